The number of hydrogen-bond acceptors (Lipinski definition) is 5. The van der Waals surface area contributed by atoms with Crippen molar-refractivity contribution in [2.45, 2.75) is 19.8 Å². The molecule has 2 aromatic rings. The average molecular weight is 329 g/mol. The maximum atomic E-state index is 12.1. The summed E-state index contributed by atoms with van der Waals surface area (Å²) < 4.78 is 10.6. The molecule has 6 heteroatoms. The van der Waals surface area contributed by atoms with Crippen molar-refractivity contribution < 1.29 is 14.3 Å². The number of anilines is 2. The first-order chi connectivity index (χ1) is 11.7. The first-order valence-corrected chi connectivity index (χ1v) is 7.91. The zero-order valence-corrected chi connectivity index (χ0v) is 14.3. The second kappa shape index (κ2) is 8.76. The van der Waals surface area contributed by atoms with Crippen LogP contribution in [0.5, 0.6) is 11.5 Å². The summed E-state index contributed by atoms with van der Waals surface area (Å²) in [6.45, 7) is 2.73. The van der Waals surface area contributed by atoms with E-state index in [-0.39, 0.29) is 5.91 Å². The van der Waals surface area contributed by atoms with Crippen molar-refractivity contribution in [2.75, 3.05) is 26.1 Å². The van der Waals surface area contributed by atoms with Crippen LogP contribution in [0.3, 0.4) is 0 Å². The van der Waals surface area contributed by atoms with Crippen molar-refractivity contribution in [3.63, 3.8) is 0 Å². The summed E-state index contributed by atoms with van der Waals surface area (Å²) in [7, 11) is 3.20. The van der Waals surface area contributed by atoms with Crippen LogP contribution in [-0.2, 0) is 0 Å². The van der Waals surface area contributed by atoms with Crippen molar-refractivity contribution >= 4 is 17.3 Å². The highest BCUT2D eigenvalue weighted by molar-refractivity contribution is 5.93. The molecule has 1 heterocycles. The standard InChI is InChI=1S/C18H23N3O3/c1-4-5-9-20-18(22)16-11-13(8-10-19-16)21-15-7-6-14(23-2)12-17(15)24-3/h6-8,10-12H,4-5,9H2,1-3H3,(H,19,21)(H,20,22). The van der Waals surface area contributed by atoms with Crippen LogP contribution in [0.25, 0.3) is 0 Å². The monoisotopic (exact) mass is 329 g/mol. The minimum absolute atomic E-state index is 0.172. The molecule has 1 aromatic heterocycles. The lowest BCUT2D eigenvalue weighted by molar-refractivity contribution is 0.0948. The largest absolute Gasteiger partial charge is 0.497 e. The van der Waals surface area contributed by atoms with Crippen molar-refractivity contribution in [3.8, 4) is 11.5 Å². The summed E-state index contributed by atoms with van der Waals surface area (Å²) in [5, 5.41) is 6.09. The van der Waals surface area contributed by atoms with E-state index in [4.69, 9.17) is 9.47 Å². The Bertz CT molecular complexity index is 689. The molecule has 1 amide bonds. The number of nitrogens with one attached hydrogen (secondary N) is 2. The van der Waals surface area contributed by atoms with Gasteiger partial charge in [0.2, 0.25) is 0 Å². The molecule has 0 saturated heterocycles. The number of aromatic nitrogens is 1. The molecule has 0 aliphatic carbocycles. The van der Waals surface area contributed by atoms with Gasteiger partial charge in [0.15, 0.2) is 0 Å². The van der Waals surface area contributed by atoms with Crippen LogP contribution in [0, 0.1) is 0 Å². The number of hydrogen-bond donors (Lipinski definition) is 2. The van der Waals surface area contributed by atoms with Gasteiger partial charge in [-0.1, -0.05) is 13.3 Å². The predicted octanol–water partition coefficient (Wildman–Crippen LogP) is 3.37. The number of amides is 1. The van der Waals surface area contributed by atoms with E-state index >= 15 is 0 Å². The fourth-order valence-corrected chi connectivity index (χ4v) is 2.16. The van der Waals surface area contributed by atoms with Crippen LogP contribution in [-0.4, -0.2) is 31.7 Å². The Hall–Kier alpha value is -2.76. The summed E-state index contributed by atoms with van der Waals surface area (Å²) in [4.78, 5) is 16.2. The first-order valence-electron chi connectivity index (χ1n) is 7.91. The molecule has 0 spiro atoms. The van der Waals surface area contributed by atoms with E-state index in [0.717, 1.165) is 24.2 Å². The van der Waals surface area contributed by atoms with Gasteiger partial charge in [0, 0.05) is 24.5 Å². The molecular weight excluding hydrogens is 306 g/mol. The molecular formula is C18H23N3O3. The second-order valence-corrected chi connectivity index (χ2v) is 5.23. The number of carbonyl (C=O) groups excluding carboxylic acids is 1. The lowest BCUT2D eigenvalue weighted by Gasteiger charge is -2.13. The Kier molecular flexibility index (Phi) is 6.42. The highest BCUT2D eigenvalue weighted by Crippen LogP contribution is 2.31. The molecule has 128 valence electrons. The van der Waals surface area contributed by atoms with Crippen LogP contribution in [0.1, 0.15) is 30.3 Å². The number of methoxy groups -OCH3 is 2. The molecule has 1 aromatic carbocycles. The van der Waals surface area contributed by atoms with Crippen LogP contribution in [0.4, 0.5) is 11.4 Å². The van der Waals surface area contributed by atoms with Crippen molar-refractivity contribution in [1.82, 2.24) is 10.3 Å². The molecule has 24 heavy (non-hydrogen) atoms. The molecule has 6 nitrogen and oxygen atoms in total. The van der Waals surface area contributed by atoms with E-state index in [1.165, 1.54) is 0 Å². The van der Waals surface area contributed by atoms with E-state index in [1.807, 2.05) is 12.1 Å². The molecule has 2 rings (SSSR count). The molecule has 0 radical (unpaired) electrons. The van der Waals surface area contributed by atoms with Crippen molar-refractivity contribution in [3.05, 3.63) is 42.2 Å². The summed E-state index contributed by atoms with van der Waals surface area (Å²) in [6.07, 6.45) is 3.59. The summed E-state index contributed by atoms with van der Waals surface area (Å²) in [5.41, 5.74) is 1.92. The van der Waals surface area contributed by atoms with Gasteiger partial charge in [0.05, 0.1) is 19.9 Å². The zero-order chi connectivity index (χ0) is 17.4. The number of benzene rings is 1. The molecule has 0 aliphatic heterocycles. The van der Waals surface area contributed by atoms with E-state index in [1.54, 1.807) is 38.6 Å². The van der Waals surface area contributed by atoms with Crippen molar-refractivity contribution in [1.29, 1.82) is 0 Å². The lowest BCUT2D eigenvalue weighted by Crippen LogP contribution is -2.25. The number of nitrogens with zero attached hydrogens (tertiary/aromatic N) is 1. The molecule has 0 fully saturated rings. The van der Waals surface area contributed by atoms with Gasteiger partial charge >= 0.3 is 0 Å². The van der Waals surface area contributed by atoms with Crippen LogP contribution in [0.2, 0.25) is 0 Å². The van der Waals surface area contributed by atoms with E-state index in [0.29, 0.717) is 23.7 Å². The molecule has 0 saturated carbocycles. The second-order valence-electron chi connectivity index (χ2n) is 5.23. The molecule has 0 bridgehead atoms. The molecule has 2 N–H and O–H groups in total. The van der Waals surface area contributed by atoms with E-state index < -0.39 is 0 Å². The van der Waals surface area contributed by atoms with Crippen LogP contribution in [0.15, 0.2) is 36.5 Å². The van der Waals surface area contributed by atoms with Gasteiger partial charge in [-0.05, 0) is 30.7 Å². The maximum Gasteiger partial charge on any atom is 0.269 e. The summed E-state index contributed by atoms with van der Waals surface area (Å²) >= 11 is 0. The normalized spacial score (nSPS) is 10.1. The minimum Gasteiger partial charge on any atom is -0.497 e. The third-order valence-corrected chi connectivity index (χ3v) is 3.50. The van der Waals surface area contributed by atoms with Gasteiger partial charge in [0.25, 0.3) is 5.91 Å². The number of pyridine rings is 1. The maximum absolute atomic E-state index is 12.1. The molecule has 0 aliphatic rings. The Morgan fingerprint density at radius 2 is 2.00 bits per heavy atom. The number of ether oxygens (including phenoxy) is 2. The summed E-state index contributed by atoms with van der Waals surface area (Å²) in [6, 6.07) is 9.00. The van der Waals surface area contributed by atoms with Crippen LogP contribution >= 0.6 is 0 Å². The lowest BCUT2D eigenvalue weighted by atomic mass is 10.2. The Morgan fingerprint density at radius 1 is 1.17 bits per heavy atom. The Balaban J connectivity index is 2.13. The SMILES string of the molecule is CCCCNC(=O)c1cc(Nc2ccc(OC)cc2OC)ccn1. The Morgan fingerprint density at radius 3 is 2.71 bits per heavy atom. The first kappa shape index (κ1) is 17.6. The van der Waals surface area contributed by atoms with Gasteiger partial charge in [-0.3, -0.25) is 9.78 Å². The molecule has 0 unspecified atom stereocenters. The van der Waals surface area contributed by atoms with E-state index in [2.05, 4.69) is 22.5 Å². The van der Waals surface area contributed by atoms with Gasteiger partial charge in [-0.15, -0.1) is 0 Å². The number of carbonyl (C=O) groups is 1. The van der Waals surface area contributed by atoms with Gasteiger partial charge in [-0.2, -0.15) is 0 Å². The zero-order valence-electron chi connectivity index (χ0n) is 14.3. The smallest absolute Gasteiger partial charge is 0.269 e. The topological polar surface area (TPSA) is 72.5 Å². The minimum atomic E-state index is -0.172. The number of rotatable bonds is 8. The quantitative estimate of drug-likeness (QED) is 0.727. The van der Waals surface area contributed by atoms with Gasteiger partial charge < -0.3 is 20.1 Å². The van der Waals surface area contributed by atoms with E-state index in [9.17, 15) is 4.79 Å². The number of unbranched alkanes of at least 4 members (excludes halogenated alkanes) is 1. The molecule has 0 atom stereocenters. The fraction of sp³-hybridized carbons (Fsp3) is 0.333. The van der Waals surface area contributed by atoms with Gasteiger partial charge in [0.1, 0.15) is 17.2 Å². The summed E-state index contributed by atoms with van der Waals surface area (Å²) in [5.74, 6) is 1.19. The van der Waals surface area contributed by atoms with Crippen LogP contribution < -0.4 is 20.1 Å². The average Bonchev–Trinajstić information content (AvgIpc) is 2.62. The predicted molar refractivity (Wildman–Crippen MR) is 94.3 cm³/mol. The van der Waals surface area contributed by atoms with Crippen molar-refractivity contribution in [2.24, 2.45) is 0 Å². The Labute approximate surface area is 142 Å². The fourth-order valence-electron chi connectivity index (χ4n) is 2.16. The van der Waals surface area contributed by atoms with Gasteiger partial charge in [-0.25, -0.2) is 0 Å². The third kappa shape index (κ3) is 4.62. The highest BCUT2D eigenvalue weighted by Gasteiger charge is 2.09. The highest BCUT2D eigenvalue weighted by atomic mass is 16.5. The third-order valence-electron chi connectivity index (χ3n) is 3.50.